The molecule has 0 spiro atoms. The van der Waals surface area contributed by atoms with Crippen molar-refractivity contribution in [1.29, 1.82) is 0 Å². The summed E-state index contributed by atoms with van der Waals surface area (Å²) in [5.41, 5.74) is 6.44. The first-order valence-corrected chi connectivity index (χ1v) is 10.6. The molecule has 6 heteroatoms. The molecule has 0 atom stereocenters. The van der Waals surface area contributed by atoms with Gasteiger partial charge >= 0.3 is 5.97 Å². The van der Waals surface area contributed by atoms with Crippen molar-refractivity contribution in [1.82, 2.24) is 15.0 Å². The van der Waals surface area contributed by atoms with Crippen LogP contribution >= 0.6 is 0 Å². The smallest absolute Gasteiger partial charge is 0.309 e. The van der Waals surface area contributed by atoms with Crippen molar-refractivity contribution < 1.29 is 14.4 Å². The quantitative estimate of drug-likeness (QED) is 0.474. The predicted molar refractivity (Wildman–Crippen MR) is 122 cm³/mol. The van der Waals surface area contributed by atoms with Gasteiger partial charge in [0.15, 0.2) is 0 Å². The van der Waals surface area contributed by atoms with Crippen molar-refractivity contribution in [3.63, 3.8) is 0 Å². The Balaban J connectivity index is 1.26. The maximum absolute atomic E-state index is 10.9. The monoisotopic (exact) mass is 425 g/mol. The van der Waals surface area contributed by atoms with Crippen LogP contribution < -0.4 is 0 Å². The summed E-state index contributed by atoms with van der Waals surface area (Å²) in [6.07, 6.45) is 0. The summed E-state index contributed by atoms with van der Waals surface area (Å²) in [5.74, 6) is 0.0802. The highest BCUT2D eigenvalue weighted by atomic mass is 16.5. The largest absolute Gasteiger partial charge is 0.481 e. The van der Waals surface area contributed by atoms with Crippen molar-refractivity contribution in [2.45, 2.75) is 13.5 Å². The number of nitrogens with zero attached hydrogens (tertiary/aromatic N) is 3. The zero-order valence-corrected chi connectivity index (χ0v) is 17.7. The number of carboxylic acids is 1. The van der Waals surface area contributed by atoms with E-state index >= 15 is 0 Å². The van der Waals surface area contributed by atoms with Gasteiger partial charge in [-0.15, -0.1) is 0 Å². The van der Waals surface area contributed by atoms with E-state index in [1.165, 1.54) is 11.1 Å². The van der Waals surface area contributed by atoms with E-state index in [1.54, 1.807) is 0 Å². The van der Waals surface area contributed by atoms with Gasteiger partial charge in [0.1, 0.15) is 0 Å². The lowest BCUT2D eigenvalue weighted by molar-refractivity contribution is -0.147. The maximum Gasteiger partial charge on any atom is 0.309 e. The highest BCUT2D eigenvalue weighted by Crippen LogP contribution is 2.27. The summed E-state index contributed by atoms with van der Waals surface area (Å²) in [5, 5.41) is 13.1. The SMILES string of the molecule is Cc1cccc(-c2ccc(-c3nc(-c4ccc(CN5CC(C(=O)O)C5)cc4)no3)cc2)c1. The molecule has 1 aliphatic heterocycles. The molecule has 0 radical (unpaired) electrons. The number of aryl methyl sites for hydroxylation is 1. The second kappa shape index (κ2) is 8.40. The fraction of sp³-hybridized carbons (Fsp3) is 0.192. The first-order valence-electron chi connectivity index (χ1n) is 10.6. The number of benzene rings is 3. The Morgan fingerprint density at radius 2 is 1.66 bits per heavy atom. The van der Waals surface area contributed by atoms with Gasteiger partial charge in [0.2, 0.25) is 5.82 Å². The minimum Gasteiger partial charge on any atom is -0.481 e. The summed E-state index contributed by atoms with van der Waals surface area (Å²) in [6, 6.07) is 24.5. The van der Waals surface area contributed by atoms with Crippen LogP contribution in [-0.4, -0.2) is 39.2 Å². The highest BCUT2D eigenvalue weighted by Gasteiger charge is 2.32. The van der Waals surface area contributed by atoms with Gasteiger partial charge in [-0.05, 0) is 35.7 Å². The van der Waals surface area contributed by atoms with Crippen LogP contribution in [0.25, 0.3) is 34.0 Å². The van der Waals surface area contributed by atoms with Crippen molar-refractivity contribution in [3.05, 3.63) is 83.9 Å². The first-order chi connectivity index (χ1) is 15.5. The Kier molecular flexibility index (Phi) is 5.29. The zero-order chi connectivity index (χ0) is 22.1. The summed E-state index contributed by atoms with van der Waals surface area (Å²) in [7, 11) is 0. The number of carbonyl (C=O) groups is 1. The van der Waals surface area contributed by atoms with Crippen LogP contribution in [0.3, 0.4) is 0 Å². The molecule has 6 nitrogen and oxygen atoms in total. The Bertz CT molecular complexity index is 1240. The highest BCUT2D eigenvalue weighted by molar-refractivity contribution is 5.71. The molecular formula is C26H23N3O3. The Labute approximate surface area is 186 Å². The summed E-state index contributed by atoms with van der Waals surface area (Å²) < 4.78 is 5.50. The summed E-state index contributed by atoms with van der Waals surface area (Å²) in [6.45, 7) is 4.04. The fourth-order valence-corrected chi connectivity index (χ4v) is 3.96. The van der Waals surface area contributed by atoms with E-state index in [1.807, 2.05) is 36.4 Å². The molecule has 1 saturated heterocycles. The van der Waals surface area contributed by atoms with E-state index < -0.39 is 5.97 Å². The lowest BCUT2D eigenvalue weighted by atomic mass is 9.99. The Morgan fingerprint density at radius 1 is 0.969 bits per heavy atom. The summed E-state index contributed by atoms with van der Waals surface area (Å²) >= 11 is 0. The van der Waals surface area contributed by atoms with Crippen LogP contribution in [0, 0.1) is 12.8 Å². The Morgan fingerprint density at radius 3 is 2.34 bits per heavy atom. The molecule has 0 aliphatic carbocycles. The molecule has 5 rings (SSSR count). The standard InChI is InChI=1S/C26H23N3O3/c1-17-3-2-4-22(13-17)19-9-11-21(12-10-19)25-27-24(28-32-25)20-7-5-18(6-8-20)14-29-15-23(16-29)26(30)31/h2-13,23H,14-16H2,1H3,(H,30,31). The molecule has 2 heterocycles. The molecule has 4 aromatic rings. The van der Waals surface area contributed by atoms with Gasteiger partial charge in [-0.25, -0.2) is 0 Å². The molecule has 0 bridgehead atoms. The molecule has 3 aromatic carbocycles. The molecule has 1 N–H and O–H groups in total. The predicted octanol–water partition coefficient (Wildman–Crippen LogP) is 4.90. The molecule has 1 aliphatic rings. The van der Waals surface area contributed by atoms with Crippen LogP contribution in [0.1, 0.15) is 11.1 Å². The third-order valence-electron chi connectivity index (χ3n) is 5.83. The fourth-order valence-electron chi connectivity index (χ4n) is 3.96. The second-order valence-electron chi connectivity index (χ2n) is 8.30. The number of likely N-dealkylation sites (tertiary alicyclic amines) is 1. The molecule has 0 amide bonds. The molecule has 1 fully saturated rings. The zero-order valence-electron chi connectivity index (χ0n) is 17.7. The van der Waals surface area contributed by atoms with Crippen LogP contribution in [0.5, 0.6) is 0 Å². The lowest BCUT2D eigenvalue weighted by Crippen LogP contribution is -2.49. The lowest BCUT2D eigenvalue weighted by Gasteiger charge is -2.36. The van der Waals surface area contributed by atoms with E-state index in [-0.39, 0.29) is 5.92 Å². The molecular weight excluding hydrogens is 402 g/mol. The number of carboxylic acid groups (broad SMARTS) is 1. The molecule has 160 valence electrons. The van der Waals surface area contributed by atoms with E-state index in [9.17, 15) is 4.79 Å². The van der Waals surface area contributed by atoms with Crippen LogP contribution in [0.4, 0.5) is 0 Å². The minimum atomic E-state index is -0.714. The average Bonchev–Trinajstić information content (AvgIpc) is 3.26. The van der Waals surface area contributed by atoms with Crippen LogP contribution in [0.2, 0.25) is 0 Å². The van der Waals surface area contributed by atoms with Gasteiger partial charge < -0.3 is 9.63 Å². The van der Waals surface area contributed by atoms with Gasteiger partial charge in [-0.1, -0.05) is 71.4 Å². The third kappa shape index (κ3) is 4.18. The average molecular weight is 425 g/mol. The second-order valence-corrected chi connectivity index (χ2v) is 8.30. The number of hydrogen-bond donors (Lipinski definition) is 1. The number of rotatable bonds is 6. The van der Waals surface area contributed by atoms with Gasteiger partial charge in [-0.2, -0.15) is 4.98 Å². The molecule has 0 saturated carbocycles. The molecule has 0 unspecified atom stereocenters. The van der Waals surface area contributed by atoms with E-state index in [0.29, 0.717) is 24.8 Å². The van der Waals surface area contributed by atoms with Crippen LogP contribution in [0.15, 0.2) is 77.3 Å². The van der Waals surface area contributed by atoms with E-state index in [4.69, 9.17) is 9.63 Å². The van der Waals surface area contributed by atoms with Crippen molar-refractivity contribution in [2.75, 3.05) is 13.1 Å². The topological polar surface area (TPSA) is 79.5 Å². The normalized spacial score (nSPS) is 14.3. The van der Waals surface area contributed by atoms with Crippen molar-refractivity contribution >= 4 is 5.97 Å². The Hall–Kier alpha value is -3.77. The number of aliphatic carboxylic acids is 1. The molecule has 1 aromatic heterocycles. The summed E-state index contributed by atoms with van der Waals surface area (Å²) in [4.78, 5) is 17.6. The van der Waals surface area contributed by atoms with Gasteiger partial charge in [0.25, 0.3) is 5.89 Å². The maximum atomic E-state index is 10.9. The van der Waals surface area contributed by atoms with E-state index in [0.717, 1.165) is 28.8 Å². The first kappa shape index (κ1) is 20.2. The van der Waals surface area contributed by atoms with E-state index in [2.05, 4.69) is 58.4 Å². The third-order valence-corrected chi connectivity index (χ3v) is 5.83. The number of hydrogen-bond acceptors (Lipinski definition) is 5. The van der Waals surface area contributed by atoms with Crippen molar-refractivity contribution in [2.24, 2.45) is 5.92 Å². The number of aromatic nitrogens is 2. The molecule has 32 heavy (non-hydrogen) atoms. The van der Waals surface area contributed by atoms with Gasteiger partial charge in [0.05, 0.1) is 5.92 Å². The van der Waals surface area contributed by atoms with Crippen LogP contribution in [-0.2, 0) is 11.3 Å². The van der Waals surface area contributed by atoms with Crippen molar-refractivity contribution in [3.8, 4) is 34.0 Å². The van der Waals surface area contributed by atoms with Gasteiger partial charge in [-0.3, -0.25) is 9.69 Å². The van der Waals surface area contributed by atoms with Gasteiger partial charge in [0, 0.05) is 30.8 Å². The minimum absolute atomic E-state index is 0.238.